The van der Waals surface area contributed by atoms with Crippen LogP contribution in [0.3, 0.4) is 0 Å². The van der Waals surface area contributed by atoms with E-state index in [1.165, 1.54) is 5.56 Å². The molecule has 0 amide bonds. The third kappa shape index (κ3) is 2.78. The summed E-state index contributed by atoms with van der Waals surface area (Å²) in [5.41, 5.74) is 4.38. The standard InChI is InChI=1S/C22H21N5O/c1-15-8-10-16(11-9-15)27-14-23-19-21(26-12-4-5-13-26)24-20(25-22(19)27)17-6-2-3-7-18(17)28/h2-3,6-11,14,28H,4-5,12-13H2,1H3. The van der Waals surface area contributed by atoms with Crippen LogP contribution in [0, 0.1) is 6.92 Å². The minimum absolute atomic E-state index is 0.177. The van der Waals surface area contributed by atoms with Gasteiger partial charge in [-0.2, -0.15) is 0 Å². The smallest absolute Gasteiger partial charge is 0.170 e. The largest absolute Gasteiger partial charge is 0.507 e. The second kappa shape index (κ2) is 6.64. The first kappa shape index (κ1) is 16.7. The third-order valence-electron chi connectivity index (χ3n) is 5.24. The zero-order chi connectivity index (χ0) is 19.1. The van der Waals surface area contributed by atoms with Gasteiger partial charge in [0.2, 0.25) is 0 Å². The number of phenols is 1. The van der Waals surface area contributed by atoms with Crippen molar-refractivity contribution in [3.63, 3.8) is 0 Å². The fourth-order valence-corrected chi connectivity index (χ4v) is 3.71. The van der Waals surface area contributed by atoms with E-state index in [4.69, 9.17) is 9.97 Å². The van der Waals surface area contributed by atoms with Crippen molar-refractivity contribution < 1.29 is 5.11 Å². The summed E-state index contributed by atoms with van der Waals surface area (Å²) in [5, 5.41) is 10.3. The molecule has 5 rings (SSSR count). The van der Waals surface area contributed by atoms with Gasteiger partial charge in [-0.05, 0) is 44.0 Å². The van der Waals surface area contributed by atoms with Gasteiger partial charge in [-0.25, -0.2) is 15.0 Å². The van der Waals surface area contributed by atoms with Gasteiger partial charge in [0.05, 0.1) is 5.56 Å². The Morgan fingerprint density at radius 2 is 1.68 bits per heavy atom. The van der Waals surface area contributed by atoms with Gasteiger partial charge in [-0.15, -0.1) is 0 Å². The number of aromatic nitrogens is 4. The Hall–Kier alpha value is -3.41. The van der Waals surface area contributed by atoms with E-state index in [1.54, 1.807) is 18.5 Å². The number of hydrogen-bond donors (Lipinski definition) is 1. The number of hydrogen-bond acceptors (Lipinski definition) is 5. The second-order valence-electron chi connectivity index (χ2n) is 7.20. The summed E-state index contributed by atoms with van der Waals surface area (Å²) < 4.78 is 1.99. The molecule has 0 spiro atoms. The van der Waals surface area contributed by atoms with Gasteiger partial charge < -0.3 is 10.0 Å². The highest BCUT2D eigenvalue weighted by atomic mass is 16.3. The molecule has 6 nitrogen and oxygen atoms in total. The fourth-order valence-electron chi connectivity index (χ4n) is 3.71. The van der Waals surface area contributed by atoms with E-state index < -0.39 is 0 Å². The number of fused-ring (bicyclic) bond motifs is 1. The maximum absolute atomic E-state index is 10.3. The van der Waals surface area contributed by atoms with Crippen LogP contribution in [0.5, 0.6) is 5.75 Å². The van der Waals surface area contributed by atoms with Gasteiger partial charge in [0, 0.05) is 18.8 Å². The minimum Gasteiger partial charge on any atom is -0.507 e. The lowest BCUT2D eigenvalue weighted by Gasteiger charge is -2.18. The number of rotatable bonds is 3. The third-order valence-corrected chi connectivity index (χ3v) is 5.24. The fraction of sp³-hybridized carbons (Fsp3) is 0.227. The Labute approximate surface area is 163 Å². The zero-order valence-electron chi connectivity index (χ0n) is 15.7. The van der Waals surface area contributed by atoms with Crippen LogP contribution in [0.4, 0.5) is 5.82 Å². The summed E-state index contributed by atoms with van der Waals surface area (Å²) in [5.74, 6) is 1.53. The van der Waals surface area contributed by atoms with Gasteiger partial charge in [0.1, 0.15) is 12.1 Å². The average Bonchev–Trinajstić information content (AvgIpc) is 3.38. The molecule has 6 heteroatoms. The zero-order valence-corrected chi connectivity index (χ0v) is 15.7. The number of benzene rings is 2. The molecule has 0 bridgehead atoms. The first-order valence-electron chi connectivity index (χ1n) is 9.56. The molecule has 0 unspecified atom stereocenters. The molecule has 0 aliphatic carbocycles. The van der Waals surface area contributed by atoms with Crippen LogP contribution in [0.2, 0.25) is 0 Å². The van der Waals surface area contributed by atoms with Crippen LogP contribution in [0.25, 0.3) is 28.2 Å². The predicted molar refractivity (Wildman–Crippen MR) is 110 cm³/mol. The van der Waals surface area contributed by atoms with Crippen LogP contribution in [-0.4, -0.2) is 37.7 Å². The van der Waals surface area contributed by atoms with E-state index in [0.29, 0.717) is 11.4 Å². The van der Waals surface area contributed by atoms with Crippen LogP contribution in [0.15, 0.2) is 54.9 Å². The second-order valence-corrected chi connectivity index (χ2v) is 7.20. The molecular weight excluding hydrogens is 350 g/mol. The van der Waals surface area contributed by atoms with E-state index in [2.05, 4.69) is 41.1 Å². The molecule has 1 aliphatic rings. The van der Waals surface area contributed by atoms with Crippen molar-refractivity contribution in [3.8, 4) is 22.8 Å². The number of para-hydroxylation sites is 1. The molecule has 3 heterocycles. The van der Waals surface area contributed by atoms with E-state index in [9.17, 15) is 5.11 Å². The molecular formula is C22H21N5O. The van der Waals surface area contributed by atoms with Crippen molar-refractivity contribution in [2.24, 2.45) is 0 Å². The highest BCUT2D eigenvalue weighted by Crippen LogP contribution is 2.33. The van der Waals surface area contributed by atoms with Gasteiger partial charge in [0.25, 0.3) is 0 Å². The number of nitrogens with zero attached hydrogens (tertiary/aromatic N) is 5. The molecule has 2 aromatic carbocycles. The van der Waals surface area contributed by atoms with Gasteiger partial charge >= 0.3 is 0 Å². The maximum atomic E-state index is 10.3. The lowest BCUT2D eigenvalue weighted by molar-refractivity contribution is 0.477. The SMILES string of the molecule is Cc1ccc(-n2cnc3c(N4CCCC4)nc(-c4ccccc4O)nc32)cc1. The maximum Gasteiger partial charge on any atom is 0.170 e. The van der Waals surface area contributed by atoms with Crippen LogP contribution in [-0.2, 0) is 0 Å². The average molecular weight is 371 g/mol. The van der Waals surface area contributed by atoms with Crippen molar-refractivity contribution in [1.29, 1.82) is 0 Å². The van der Waals surface area contributed by atoms with Crippen molar-refractivity contribution in [3.05, 3.63) is 60.4 Å². The van der Waals surface area contributed by atoms with Gasteiger partial charge in [-0.1, -0.05) is 29.8 Å². The lowest BCUT2D eigenvalue weighted by atomic mass is 10.2. The monoisotopic (exact) mass is 371 g/mol. The first-order chi connectivity index (χ1) is 13.7. The molecule has 1 N–H and O–H groups in total. The quantitative estimate of drug-likeness (QED) is 0.587. The topological polar surface area (TPSA) is 67.1 Å². The van der Waals surface area contributed by atoms with Crippen molar-refractivity contribution >= 4 is 17.0 Å². The molecule has 0 atom stereocenters. The highest BCUT2D eigenvalue weighted by Gasteiger charge is 2.22. The summed E-state index contributed by atoms with van der Waals surface area (Å²) in [6, 6.07) is 15.5. The van der Waals surface area contributed by atoms with Crippen LogP contribution in [0.1, 0.15) is 18.4 Å². The first-order valence-corrected chi connectivity index (χ1v) is 9.56. The summed E-state index contributed by atoms with van der Waals surface area (Å²) >= 11 is 0. The van der Waals surface area contributed by atoms with Crippen LogP contribution < -0.4 is 4.90 Å². The Morgan fingerprint density at radius 1 is 0.929 bits per heavy atom. The molecule has 1 saturated heterocycles. The van der Waals surface area contributed by atoms with Crippen molar-refractivity contribution in [2.45, 2.75) is 19.8 Å². The number of aromatic hydroxyl groups is 1. The molecule has 28 heavy (non-hydrogen) atoms. The van der Waals surface area contributed by atoms with E-state index in [0.717, 1.165) is 48.6 Å². The number of phenolic OH excluding ortho intramolecular Hbond substituents is 1. The predicted octanol–water partition coefficient (Wildman–Crippen LogP) is 4.10. The van der Waals surface area contributed by atoms with Gasteiger partial charge in [-0.3, -0.25) is 4.57 Å². The normalized spacial score (nSPS) is 14.1. The molecule has 1 fully saturated rings. The summed E-state index contributed by atoms with van der Waals surface area (Å²) in [6.45, 7) is 3.99. The Balaban J connectivity index is 1.76. The number of anilines is 1. The number of imidazole rings is 1. The highest BCUT2D eigenvalue weighted by molar-refractivity contribution is 5.87. The Bertz CT molecular complexity index is 1140. The Kier molecular flexibility index (Phi) is 3.97. The van der Waals surface area contributed by atoms with Crippen molar-refractivity contribution in [1.82, 2.24) is 19.5 Å². The molecule has 1 aliphatic heterocycles. The lowest BCUT2D eigenvalue weighted by Crippen LogP contribution is -2.20. The molecule has 4 aromatic rings. The summed E-state index contributed by atoms with van der Waals surface area (Å²) in [6.07, 6.45) is 4.10. The van der Waals surface area contributed by atoms with E-state index in [-0.39, 0.29) is 5.75 Å². The van der Waals surface area contributed by atoms with Crippen LogP contribution >= 0.6 is 0 Å². The minimum atomic E-state index is 0.177. The molecule has 140 valence electrons. The van der Waals surface area contributed by atoms with Gasteiger partial charge in [0.15, 0.2) is 22.8 Å². The number of aryl methyl sites for hydroxylation is 1. The summed E-state index contributed by atoms with van der Waals surface area (Å²) in [7, 11) is 0. The van der Waals surface area contributed by atoms with E-state index in [1.807, 2.05) is 16.7 Å². The van der Waals surface area contributed by atoms with Crippen molar-refractivity contribution in [2.75, 3.05) is 18.0 Å². The molecule has 0 saturated carbocycles. The van der Waals surface area contributed by atoms with E-state index >= 15 is 0 Å². The molecule has 2 aromatic heterocycles. The Morgan fingerprint density at radius 3 is 2.43 bits per heavy atom. The summed E-state index contributed by atoms with van der Waals surface area (Å²) in [4.78, 5) is 16.5. The molecule has 0 radical (unpaired) electrons.